The predicted octanol–water partition coefficient (Wildman–Crippen LogP) is 5.19. The lowest BCUT2D eigenvalue weighted by Crippen LogP contribution is -2.20. The van der Waals surface area contributed by atoms with Gasteiger partial charge in [-0.1, -0.05) is 90.5 Å². The van der Waals surface area contributed by atoms with Crippen LogP contribution in [0.15, 0.2) is 97.1 Å². The van der Waals surface area contributed by atoms with Gasteiger partial charge in [0.25, 0.3) is 0 Å². The lowest BCUT2D eigenvalue weighted by Gasteiger charge is -2.16. The Hall–Kier alpha value is -3.79. The van der Waals surface area contributed by atoms with Crippen LogP contribution in [0.5, 0.6) is 5.88 Å². The minimum Gasteiger partial charge on any atom is -0.405 e. The topological polar surface area (TPSA) is 52.1 Å². The Morgan fingerprint density at radius 2 is 1.31 bits per heavy atom. The largest absolute Gasteiger partial charge is 0.405 e. The van der Waals surface area contributed by atoms with Crippen LogP contribution >= 0.6 is 0 Å². The van der Waals surface area contributed by atoms with E-state index in [0.29, 0.717) is 0 Å². The number of nitrogens with zero attached hydrogens (tertiary/aromatic N) is 2. The SMILES string of the molecule is Cc1ccc(-c2ccc(OC(=O)C(c3ccccc3)c3ccccc3)nn2)cc1. The average molecular weight is 380 g/mol. The van der Waals surface area contributed by atoms with Gasteiger partial charge in [-0.25, -0.2) is 0 Å². The maximum atomic E-state index is 13.0. The standard InChI is InChI=1S/C25H20N2O2/c1-18-12-14-19(15-13-18)22-16-17-23(27-26-22)29-25(28)24(20-8-4-2-5-9-20)21-10-6-3-7-11-21/h2-17,24H,1H3. The molecule has 4 rings (SSSR count). The van der Waals surface area contributed by atoms with Crippen LogP contribution in [0.2, 0.25) is 0 Å². The number of rotatable bonds is 5. The Morgan fingerprint density at radius 3 is 1.83 bits per heavy atom. The summed E-state index contributed by atoms with van der Waals surface area (Å²) in [4.78, 5) is 13.0. The molecule has 4 heteroatoms. The number of aromatic nitrogens is 2. The van der Waals surface area contributed by atoms with Gasteiger partial charge in [0.2, 0.25) is 5.88 Å². The molecule has 0 N–H and O–H groups in total. The van der Waals surface area contributed by atoms with Gasteiger partial charge in [-0.05, 0) is 24.1 Å². The first-order chi connectivity index (χ1) is 14.2. The molecule has 0 spiro atoms. The third-order valence-corrected chi connectivity index (χ3v) is 4.69. The first kappa shape index (κ1) is 18.6. The maximum absolute atomic E-state index is 13.0. The van der Waals surface area contributed by atoms with Gasteiger partial charge in [-0.3, -0.25) is 4.79 Å². The lowest BCUT2D eigenvalue weighted by molar-refractivity contribution is -0.135. The average Bonchev–Trinajstić information content (AvgIpc) is 2.77. The van der Waals surface area contributed by atoms with Gasteiger partial charge < -0.3 is 4.74 Å². The number of carbonyl (C=O) groups is 1. The Balaban J connectivity index is 1.57. The highest BCUT2D eigenvalue weighted by molar-refractivity contribution is 5.83. The summed E-state index contributed by atoms with van der Waals surface area (Å²) in [7, 11) is 0. The van der Waals surface area contributed by atoms with Crippen molar-refractivity contribution in [2.24, 2.45) is 0 Å². The van der Waals surface area contributed by atoms with Gasteiger partial charge in [0, 0.05) is 11.6 Å². The molecular weight excluding hydrogens is 360 g/mol. The molecule has 0 fully saturated rings. The number of benzene rings is 3. The van der Waals surface area contributed by atoms with Gasteiger partial charge in [0.1, 0.15) is 5.92 Å². The highest BCUT2D eigenvalue weighted by Crippen LogP contribution is 2.27. The third-order valence-electron chi connectivity index (χ3n) is 4.69. The molecule has 0 amide bonds. The van der Waals surface area contributed by atoms with Crippen molar-refractivity contribution in [2.75, 3.05) is 0 Å². The molecule has 0 aliphatic carbocycles. The Morgan fingerprint density at radius 1 is 0.724 bits per heavy atom. The van der Waals surface area contributed by atoms with Crippen molar-refractivity contribution in [3.05, 3.63) is 114 Å². The summed E-state index contributed by atoms with van der Waals surface area (Å²) in [5.41, 5.74) is 4.61. The minimum absolute atomic E-state index is 0.183. The molecule has 0 radical (unpaired) electrons. The van der Waals surface area contributed by atoms with E-state index in [-0.39, 0.29) is 11.8 Å². The number of ether oxygens (including phenoxy) is 1. The number of carbonyl (C=O) groups excluding carboxylic acids is 1. The van der Waals surface area contributed by atoms with Crippen LogP contribution in [0, 0.1) is 6.92 Å². The zero-order valence-electron chi connectivity index (χ0n) is 16.0. The van der Waals surface area contributed by atoms with Crippen molar-refractivity contribution in [3.63, 3.8) is 0 Å². The molecule has 0 saturated heterocycles. The van der Waals surface area contributed by atoms with Gasteiger partial charge in [0.05, 0.1) is 5.69 Å². The van der Waals surface area contributed by atoms with Gasteiger partial charge >= 0.3 is 5.97 Å². The highest BCUT2D eigenvalue weighted by Gasteiger charge is 2.25. The predicted molar refractivity (Wildman–Crippen MR) is 113 cm³/mol. The van der Waals surface area contributed by atoms with E-state index >= 15 is 0 Å². The van der Waals surface area contributed by atoms with E-state index in [4.69, 9.17) is 4.74 Å². The minimum atomic E-state index is -0.532. The number of aryl methyl sites for hydroxylation is 1. The van der Waals surface area contributed by atoms with Crippen LogP contribution < -0.4 is 4.74 Å². The lowest BCUT2D eigenvalue weighted by atomic mass is 9.91. The normalized spacial score (nSPS) is 10.7. The zero-order valence-corrected chi connectivity index (χ0v) is 16.0. The van der Waals surface area contributed by atoms with E-state index in [1.54, 1.807) is 12.1 Å². The molecular formula is C25H20N2O2. The summed E-state index contributed by atoms with van der Waals surface area (Å²) in [6.45, 7) is 2.04. The third kappa shape index (κ3) is 4.38. The van der Waals surface area contributed by atoms with E-state index in [2.05, 4.69) is 10.2 Å². The van der Waals surface area contributed by atoms with Gasteiger partial charge in [-0.2, -0.15) is 0 Å². The summed E-state index contributed by atoms with van der Waals surface area (Å²) in [5.74, 6) is -0.738. The summed E-state index contributed by atoms with van der Waals surface area (Å²) >= 11 is 0. The van der Waals surface area contributed by atoms with Crippen LogP contribution in [0.4, 0.5) is 0 Å². The number of hydrogen-bond acceptors (Lipinski definition) is 4. The van der Waals surface area contributed by atoms with Crippen molar-refractivity contribution in [1.82, 2.24) is 10.2 Å². The molecule has 29 heavy (non-hydrogen) atoms. The van der Waals surface area contributed by atoms with E-state index in [0.717, 1.165) is 22.4 Å². The number of esters is 1. The molecule has 142 valence electrons. The van der Waals surface area contributed by atoms with Crippen molar-refractivity contribution in [3.8, 4) is 17.1 Å². The second-order valence-corrected chi connectivity index (χ2v) is 6.80. The Kier molecular flexibility index (Phi) is 5.43. The first-order valence-electron chi connectivity index (χ1n) is 9.43. The molecule has 0 bridgehead atoms. The second kappa shape index (κ2) is 8.48. The van der Waals surface area contributed by atoms with Crippen molar-refractivity contribution >= 4 is 5.97 Å². The smallest absolute Gasteiger partial charge is 0.324 e. The van der Waals surface area contributed by atoms with Gasteiger partial charge in [-0.15, -0.1) is 10.2 Å². The summed E-state index contributed by atoms with van der Waals surface area (Å²) in [6, 6.07) is 30.7. The van der Waals surface area contributed by atoms with Crippen LogP contribution in [-0.2, 0) is 4.79 Å². The molecule has 3 aromatic carbocycles. The van der Waals surface area contributed by atoms with E-state index in [9.17, 15) is 4.79 Å². The zero-order chi connectivity index (χ0) is 20.1. The summed E-state index contributed by atoms with van der Waals surface area (Å²) < 4.78 is 5.58. The summed E-state index contributed by atoms with van der Waals surface area (Å²) in [6.07, 6.45) is 0. The van der Waals surface area contributed by atoms with Crippen LogP contribution in [0.3, 0.4) is 0 Å². The fourth-order valence-corrected chi connectivity index (χ4v) is 3.17. The molecule has 4 aromatic rings. The second-order valence-electron chi connectivity index (χ2n) is 6.80. The van der Waals surface area contributed by atoms with Crippen molar-refractivity contribution < 1.29 is 9.53 Å². The Bertz CT molecular complexity index is 1040. The molecule has 0 unspecified atom stereocenters. The van der Waals surface area contributed by atoms with Gasteiger partial charge in [0.15, 0.2) is 0 Å². The molecule has 0 saturated carbocycles. The van der Waals surface area contributed by atoms with Crippen LogP contribution in [0.1, 0.15) is 22.6 Å². The molecule has 0 aliphatic heterocycles. The first-order valence-corrected chi connectivity index (χ1v) is 9.43. The monoisotopic (exact) mass is 380 g/mol. The van der Waals surface area contributed by atoms with Crippen molar-refractivity contribution in [1.29, 1.82) is 0 Å². The van der Waals surface area contributed by atoms with Crippen LogP contribution in [0.25, 0.3) is 11.3 Å². The van der Waals surface area contributed by atoms with E-state index < -0.39 is 5.92 Å². The highest BCUT2D eigenvalue weighted by atomic mass is 16.5. The molecule has 0 aliphatic rings. The molecule has 1 heterocycles. The van der Waals surface area contributed by atoms with E-state index in [1.807, 2.05) is 91.9 Å². The summed E-state index contributed by atoms with van der Waals surface area (Å²) in [5, 5.41) is 8.30. The fourth-order valence-electron chi connectivity index (χ4n) is 3.17. The van der Waals surface area contributed by atoms with Crippen molar-refractivity contribution in [2.45, 2.75) is 12.8 Å². The molecule has 4 nitrogen and oxygen atoms in total. The maximum Gasteiger partial charge on any atom is 0.324 e. The fraction of sp³-hybridized carbons (Fsp3) is 0.0800. The van der Waals surface area contributed by atoms with Crippen LogP contribution in [-0.4, -0.2) is 16.2 Å². The molecule has 1 aromatic heterocycles. The van der Waals surface area contributed by atoms with E-state index in [1.165, 1.54) is 5.56 Å². The Labute approximate surface area is 169 Å². The number of hydrogen-bond donors (Lipinski definition) is 0. The quantitative estimate of drug-likeness (QED) is 0.447. The molecule has 0 atom stereocenters.